The van der Waals surface area contributed by atoms with Gasteiger partial charge in [0.15, 0.2) is 0 Å². The Morgan fingerprint density at radius 2 is 1.48 bits per heavy atom. The lowest BCUT2D eigenvalue weighted by Gasteiger charge is -2.45. The molecule has 1 fully saturated rings. The molecule has 0 bridgehead atoms. The Morgan fingerprint density at radius 1 is 0.960 bits per heavy atom. The Bertz CT molecular complexity index is 667. The zero-order chi connectivity index (χ0) is 17.9. The quantitative estimate of drug-likeness (QED) is 0.624. The van der Waals surface area contributed by atoms with E-state index in [0.29, 0.717) is 6.61 Å². The first-order valence-corrected chi connectivity index (χ1v) is 10.8. The summed E-state index contributed by atoms with van der Waals surface area (Å²) < 4.78 is 12.1. The van der Waals surface area contributed by atoms with Gasteiger partial charge in [0.1, 0.15) is 6.10 Å². The smallest absolute Gasteiger partial charge is 0.334 e. The second-order valence-corrected chi connectivity index (χ2v) is 11.8. The first-order valence-electron chi connectivity index (χ1n) is 8.91. The molecule has 0 saturated carbocycles. The molecule has 132 valence electrons. The molecule has 3 rings (SSSR count). The Morgan fingerprint density at radius 3 is 1.92 bits per heavy atom. The Kier molecular flexibility index (Phi) is 5.11. The summed E-state index contributed by atoms with van der Waals surface area (Å²) in [6.07, 6.45) is 1.10. The molecule has 1 unspecified atom stereocenters. The molecule has 1 saturated heterocycles. The molecule has 2 aromatic rings. The second kappa shape index (κ2) is 7.14. The van der Waals surface area contributed by atoms with Crippen molar-refractivity contribution in [3.05, 3.63) is 60.7 Å². The molecule has 1 aliphatic rings. The highest BCUT2D eigenvalue weighted by Gasteiger charge is 2.52. The van der Waals surface area contributed by atoms with Crippen molar-refractivity contribution in [3.8, 4) is 0 Å². The van der Waals surface area contributed by atoms with E-state index >= 15 is 0 Å². The van der Waals surface area contributed by atoms with Crippen molar-refractivity contribution in [1.82, 2.24) is 0 Å². The number of carbonyl (C=O) groups is 1. The molecule has 0 radical (unpaired) electrons. The third-order valence-electron chi connectivity index (χ3n) is 4.85. The monoisotopic (exact) mass is 354 g/mol. The van der Waals surface area contributed by atoms with Gasteiger partial charge in [0.2, 0.25) is 0 Å². The third-order valence-corrected chi connectivity index (χ3v) is 9.90. The maximum atomic E-state index is 12.3. The van der Waals surface area contributed by atoms with Crippen molar-refractivity contribution in [2.75, 3.05) is 6.61 Å². The highest BCUT2D eigenvalue weighted by atomic mass is 28.4. The summed E-state index contributed by atoms with van der Waals surface area (Å²) in [6.45, 7) is 7.15. The van der Waals surface area contributed by atoms with Crippen LogP contribution in [0.25, 0.3) is 0 Å². The maximum Gasteiger partial charge on any atom is 0.334 e. The lowest BCUT2D eigenvalue weighted by molar-refractivity contribution is -0.157. The summed E-state index contributed by atoms with van der Waals surface area (Å²) in [7, 11) is -2.68. The number of ether oxygens (including phenoxy) is 1. The average Bonchev–Trinajstić information content (AvgIpc) is 2.61. The summed E-state index contributed by atoms with van der Waals surface area (Å²) in [6, 6.07) is 20.8. The van der Waals surface area contributed by atoms with E-state index in [0.717, 1.165) is 12.8 Å². The van der Waals surface area contributed by atoms with Crippen LogP contribution in [0.2, 0.25) is 5.04 Å². The summed E-state index contributed by atoms with van der Waals surface area (Å²) in [5.74, 6) is -0.223. The molecule has 4 heteroatoms. The van der Waals surface area contributed by atoms with Crippen LogP contribution in [0, 0.1) is 0 Å². The van der Waals surface area contributed by atoms with Gasteiger partial charge in [-0.15, -0.1) is 0 Å². The van der Waals surface area contributed by atoms with Crippen LogP contribution in [-0.2, 0) is 14.0 Å². The van der Waals surface area contributed by atoms with Crippen LogP contribution in [0.15, 0.2) is 60.7 Å². The molecule has 25 heavy (non-hydrogen) atoms. The van der Waals surface area contributed by atoms with Crippen LogP contribution in [0.5, 0.6) is 0 Å². The van der Waals surface area contributed by atoms with Gasteiger partial charge in [-0.25, -0.2) is 4.79 Å². The molecule has 1 aliphatic heterocycles. The number of esters is 1. The number of benzene rings is 2. The van der Waals surface area contributed by atoms with E-state index < -0.39 is 14.4 Å². The van der Waals surface area contributed by atoms with Crippen molar-refractivity contribution < 1.29 is 14.0 Å². The zero-order valence-electron chi connectivity index (χ0n) is 15.2. The van der Waals surface area contributed by atoms with Gasteiger partial charge in [0.25, 0.3) is 8.32 Å². The minimum Gasteiger partial charge on any atom is -0.464 e. The minimum absolute atomic E-state index is 0.132. The van der Waals surface area contributed by atoms with E-state index in [2.05, 4.69) is 45.0 Å². The molecule has 2 aromatic carbocycles. The van der Waals surface area contributed by atoms with Gasteiger partial charge in [-0.1, -0.05) is 81.4 Å². The molecule has 0 amide bonds. The molecule has 0 spiro atoms. The Balaban J connectivity index is 2.17. The lowest BCUT2D eigenvalue weighted by atomic mass is 10.2. The van der Waals surface area contributed by atoms with Crippen molar-refractivity contribution in [2.24, 2.45) is 0 Å². The fraction of sp³-hybridized carbons (Fsp3) is 0.381. The molecule has 1 atom stereocenters. The molecule has 1 heterocycles. The van der Waals surface area contributed by atoms with E-state index in [1.165, 1.54) is 10.4 Å². The van der Waals surface area contributed by atoms with Gasteiger partial charge in [0.05, 0.1) is 6.61 Å². The number of hydrogen-bond acceptors (Lipinski definition) is 3. The minimum atomic E-state index is -2.68. The van der Waals surface area contributed by atoms with Crippen LogP contribution in [0.4, 0.5) is 0 Å². The lowest BCUT2D eigenvalue weighted by Crippen LogP contribution is -2.68. The fourth-order valence-electron chi connectivity index (χ4n) is 3.66. The van der Waals surface area contributed by atoms with Crippen molar-refractivity contribution >= 4 is 24.7 Å². The van der Waals surface area contributed by atoms with E-state index in [9.17, 15) is 4.79 Å². The van der Waals surface area contributed by atoms with Gasteiger partial charge in [-0.3, -0.25) is 0 Å². The van der Waals surface area contributed by atoms with Crippen LogP contribution >= 0.6 is 0 Å². The van der Waals surface area contributed by atoms with Gasteiger partial charge in [-0.05, 0) is 28.3 Å². The van der Waals surface area contributed by atoms with Crippen LogP contribution in [-0.4, -0.2) is 27.0 Å². The van der Waals surface area contributed by atoms with Crippen molar-refractivity contribution in [1.29, 1.82) is 0 Å². The molecule has 0 aliphatic carbocycles. The first kappa shape index (κ1) is 17.9. The Hall–Kier alpha value is -1.91. The van der Waals surface area contributed by atoms with Gasteiger partial charge < -0.3 is 9.16 Å². The molecular weight excluding hydrogens is 328 g/mol. The summed E-state index contributed by atoms with van der Waals surface area (Å²) in [5.41, 5.74) is 0. The largest absolute Gasteiger partial charge is 0.464 e. The summed E-state index contributed by atoms with van der Waals surface area (Å²) in [5, 5.41) is 2.24. The summed E-state index contributed by atoms with van der Waals surface area (Å²) in [4.78, 5) is 12.3. The standard InChI is InChI=1S/C21H26O3Si/c1-21(2,3)25(17-11-6-4-7-12-17,18-13-8-5-9-14-18)24-19-15-10-16-23-20(19)22/h4-9,11-14,19H,10,15-16H2,1-3H3. The summed E-state index contributed by atoms with van der Waals surface area (Å²) >= 11 is 0. The van der Waals surface area contributed by atoms with E-state index in [1.807, 2.05) is 36.4 Å². The fourth-order valence-corrected chi connectivity index (χ4v) is 8.32. The van der Waals surface area contributed by atoms with Gasteiger partial charge in [0, 0.05) is 0 Å². The van der Waals surface area contributed by atoms with Crippen LogP contribution in [0.3, 0.4) is 0 Å². The number of carbonyl (C=O) groups excluding carboxylic acids is 1. The van der Waals surface area contributed by atoms with Crippen LogP contribution in [0.1, 0.15) is 33.6 Å². The average molecular weight is 355 g/mol. The number of cyclic esters (lactones) is 1. The molecule has 0 N–H and O–H groups in total. The van der Waals surface area contributed by atoms with E-state index in [-0.39, 0.29) is 11.0 Å². The third kappa shape index (κ3) is 3.41. The normalized spacial score (nSPS) is 18.7. The number of rotatable bonds is 4. The highest BCUT2D eigenvalue weighted by molar-refractivity contribution is 6.99. The van der Waals surface area contributed by atoms with E-state index in [4.69, 9.17) is 9.16 Å². The second-order valence-electron chi connectivity index (χ2n) is 7.58. The van der Waals surface area contributed by atoms with Crippen molar-refractivity contribution in [3.63, 3.8) is 0 Å². The Labute approximate surface area is 151 Å². The zero-order valence-corrected chi connectivity index (χ0v) is 16.2. The molecule has 3 nitrogen and oxygen atoms in total. The van der Waals surface area contributed by atoms with Crippen molar-refractivity contribution in [2.45, 2.75) is 44.8 Å². The molecule has 0 aromatic heterocycles. The first-order chi connectivity index (χ1) is 11.9. The van der Waals surface area contributed by atoms with Gasteiger partial charge in [-0.2, -0.15) is 0 Å². The highest BCUT2D eigenvalue weighted by Crippen LogP contribution is 2.38. The number of hydrogen-bond donors (Lipinski definition) is 0. The molecular formula is C21H26O3Si. The van der Waals surface area contributed by atoms with Gasteiger partial charge >= 0.3 is 5.97 Å². The SMILES string of the molecule is CC(C)(C)[Si](OC1CCCOC1=O)(c1ccccc1)c1ccccc1. The predicted octanol–water partition coefficient (Wildman–Crippen LogP) is 3.27. The predicted molar refractivity (Wildman–Crippen MR) is 103 cm³/mol. The maximum absolute atomic E-state index is 12.3. The van der Waals surface area contributed by atoms with E-state index in [1.54, 1.807) is 0 Å². The van der Waals surface area contributed by atoms with Crippen LogP contribution < -0.4 is 10.4 Å². The topological polar surface area (TPSA) is 35.5 Å².